The second-order valence-corrected chi connectivity index (χ2v) is 5.13. The number of anilines is 4. The highest BCUT2D eigenvalue weighted by Gasteiger charge is 1.97. The van der Waals surface area contributed by atoms with Crippen molar-refractivity contribution >= 4 is 22.7 Å². The molecule has 106 valence electrons. The van der Waals surface area contributed by atoms with Crippen molar-refractivity contribution in [3.63, 3.8) is 0 Å². The first kappa shape index (κ1) is 14.1. The van der Waals surface area contributed by atoms with Crippen molar-refractivity contribution in [2.45, 2.75) is 0 Å². The SMILES string of the molecule is CN(C)c1ccc(NNc2ccc(N(C)C)cc2)cc1. The van der Waals surface area contributed by atoms with E-state index in [9.17, 15) is 0 Å². The van der Waals surface area contributed by atoms with Gasteiger partial charge in [0.1, 0.15) is 0 Å². The van der Waals surface area contributed by atoms with Gasteiger partial charge in [0.05, 0.1) is 11.4 Å². The monoisotopic (exact) mass is 270 g/mol. The minimum Gasteiger partial charge on any atom is -0.378 e. The highest BCUT2D eigenvalue weighted by atomic mass is 15.4. The summed E-state index contributed by atoms with van der Waals surface area (Å²) in [5.74, 6) is 0. The predicted molar refractivity (Wildman–Crippen MR) is 88.8 cm³/mol. The zero-order valence-electron chi connectivity index (χ0n) is 12.5. The molecule has 2 N–H and O–H groups in total. The third-order valence-corrected chi connectivity index (χ3v) is 3.12. The van der Waals surface area contributed by atoms with Gasteiger partial charge in [-0.05, 0) is 48.5 Å². The van der Waals surface area contributed by atoms with E-state index < -0.39 is 0 Å². The van der Waals surface area contributed by atoms with E-state index in [1.54, 1.807) is 0 Å². The second kappa shape index (κ2) is 6.19. The fourth-order valence-corrected chi connectivity index (χ4v) is 1.83. The van der Waals surface area contributed by atoms with Gasteiger partial charge in [0.2, 0.25) is 0 Å². The van der Waals surface area contributed by atoms with E-state index in [-0.39, 0.29) is 0 Å². The van der Waals surface area contributed by atoms with E-state index in [1.807, 2.05) is 28.2 Å². The Bertz CT molecular complexity index is 478. The fraction of sp³-hybridized carbons (Fsp3) is 0.250. The molecule has 0 aliphatic carbocycles. The van der Waals surface area contributed by atoms with Gasteiger partial charge < -0.3 is 20.7 Å². The van der Waals surface area contributed by atoms with Gasteiger partial charge in [-0.2, -0.15) is 0 Å². The van der Waals surface area contributed by atoms with E-state index >= 15 is 0 Å². The molecular formula is C16H22N4. The molecule has 0 aromatic heterocycles. The standard InChI is InChI=1S/C16H22N4/c1-19(2)15-9-5-13(6-10-15)17-18-14-7-11-16(12-8-14)20(3)4/h5-12,17-18H,1-4H3. The lowest BCUT2D eigenvalue weighted by atomic mass is 10.2. The normalized spacial score (nSPS) is 10.0. The average molecular weight is 270 g/mol. The molecule has 0 unspecified atom stereocenters. The molecule has 0 fully saturated rings. The minimum atomic E-state index is 1.03. The lowest BCUT2D eigenvalue weighted by molar-refractivity contribution is 1.13. The maximum atomic E-state index is 3.19. The van der Waals surface area contributed by atoms with Gasteiger partial charge >= 0.3 is 0 Å². The first-order valence-corrected chi connectivity index (χ1v) is 6.63. The lowest BCUT2D eigenvalue weighted by Gasteiger charge is -2.15. The van der Waals surface area contributed by atoms with E-state index in [4.69, 9.17) is 0 Å². The molecule has 0 saturated heterocycles. The molecule has 0 radical (unpaired) electrons. The zero-order chi connectivity index (χ0) is 14.5. The van der Waals surface area contributed by atoms with Crippen LogP contribution in [-0.4, -0.2) is 28.2 Å². The van der Waals surface area contributed by atoms with Crippen LogP contribution in [-0.2, 0) is 0 Å². The van der Waals surface area contributed by atoms with Crippen LogP contribution in [0.2, 0.25) is 0 Å². The summed E-state index contributed by atoms with van der Waals surface area (Å²) < 4.78 is 0. The quantitative estimate of drug-likeness (QED) is 0.816. The van der Waals surface area contributed by atoms with Crippen molar-refractivity contribution in [3.05, 3.63) is 48.5 Å². The average Bonchev–Trinajstić information content (AvgIpc) is 2.46. The minimum absolute atomic E-state index is 1.03. The topological polar surface area (TPSA) is 30.5 Å². The Morgan fingerprint density at radius 1 is 0.550 bits per heavy atom. The van der Waals surface area contributed by atoms with Crippen LogP contribution >= 0.6 is 0 Å². The molecule has 0 spiro atoms. The number of rotatable bonds is 5. The smallest absolute Gasteiger partial charge is 0.0541 e. The van der Waals surface area contributed by atoms with Crippen LogP contribution < -0.4 is 20.7 Å². The van der Waals surface area contributed by atoms with Gasteiger partial charge in [0.15, 0.2) is 0 Å². The summed E-state index contributed by atoms with van der Waals surface area (Å²) in [6.45, 7) is 0. The van der Waals surface area contributed by atoms with Crippen LogP contribution in [0, 0.1) is 0 Å². The highest BCUT2D eigenvalue weighted by molar-refractivity contribution is 5.59. The molecule has 4 heteroatoms. The van der Waals surface area contributed by atoms with E-state index in [1.165, 1.54) is 11.4 Å². The van der Waals surface area contributed by atoms with Crippen LogP contribution in [0.1, 0.15) is 0 Å². The molecule has 4 nitrogen and oxygen atoms in total. The van der Waals surface area contributed by atoms with E-state index in [0.717, 1.165) is 11.4 Å². The van der Waals surface area contributed by atoms with Crippen LogP contribution in [0.4, 0.5) is 22.7 Å². The first-order valence-electron chi connectivity index (χ1n) is 6.63. The van der Waals surface area contributed by atoms with Crippen LogP contribution in [0.3, 0.4) is 0 Å². The van der Waals surface area contributed by atoms with Crippen molar-refractivity contribution in [1.82, 2.24) is 0 Å². The number of hydrogen-bond acceptors (Lipinski definition) is 4. The molecule has 20 heavy (non-hydrogen) atoms. The summed E-state index contributed by atoms with van der Waals surface area (Å²) in [6.07, 6.45) is 0. The maximum Gasteiger partial charge on any atom is 0.0541 e. The molecule has 0 saturated carbocycles. The summed E-state index contributed by atoms with van der Waals surface area (Å²) in [7, 11) is 8.14. The number of benzene rings is 2. The van der Waals surface area contributed by atoms with Crippen molar-refractivity contribution in [2.24, 2.45) is 0 Å². The summed E-state index contributed by atoms with van der Waals surface area (Å²) in [5.41, 5.74) is 10.8. The van der Waals surface area contributed by atoms with Crippen molar-refractivity contribution in [3.8, 4) is 0 Å². The van der Waals surface area contributed by atoms with Crippen molar-refractivity contribution in [2.75, 3.05) is 48.8 Å². The molecule has 2 aromatic rings. The first-order chi connectivity index (χ1) is 9.56. The van der Waals surface area contributed by atoms with Crippen LogP contribution in [0.25, 0.3) is 0 Å². The Labute approximate surface area is 121 Å². The molecule has 2 aromatic carbocycles. The van der Waals surface area contributed by atoms with Crippen molar-refractivity contribution < 1.29 is 0 Å². The van der Waals surface area contributed by atoms with Gasteiger partial charge in [-0.25, -0.2) is 0 Å². The van der Waals surface area contributed by atoms with Gasteiger partial charge in [-0.3, -0.25) is 0 Å². The van der Waals surface area contributed by atoms with Gasteiger partial charge in [0.25, 0.3) is 0 Å². The predicted octanol–water partition coefficient (Wildman–Crippen LogP) is 3.26. The Kier molecular flexibility index (Phi) is 4.35. The summed E-state index contributed by atoms with van der Waals surface area (Å²) in [6, 6.07) is 16.5. The number of hydrazine groups is 1. The largest absolute Gasteiger partial charge is 0.378 e. The molecule has 0 atom stereocenters. The van der Waals surface area contributed by atoms with Gasteiger partial charge in [-0.15, -0.1) is 0 Å². The third kappa shape index (κ3) is 3.57. The molecule has 0 bridgehead atoms. The molecule has 0 heterocycles. The Morgan fingerprint density at radius 2 is 0.850 bits per heavy atom. The molecule has 0 amide bonds. The van der Waals surface area contributed by atoms with Crippen LogP contribution in [0.15, 0.2) is 48.5 Å². The number of nitrogens with zero attached hydrogens (tertiary/aromatic N) is 2. The highest BCUT2D eigenvalue weighted by Crippen LogP contribution is 2.18. The van der Waals surface area contributed by atoms with E-state index in [2.05, 4.69) is 69.2 Å². The Morgan fingerprint density at radius 3 is 1.10 bits per heavy atom. The molecular weight excluding hydrogens is 248 g/mol. The third-order valence-electron chi connectivity index (χ3n) is 3.12. The number of nitrogens with one attached hydrogen (secondary N) is 2. The lowest BCUT2D eigenvalue weighted by Crippen LogP contribution is -2.11. The van der Waals surface area contributed by atoms with E-state index in [0.29, 0.717) is 0 Å². The zero-order valence-corrected chi connectivity index (χ0v) is 12.5. The summed E-state index contributed by atoms with van der Waals surface area (Å²) >= 11 is 0. The maximum absolute atomic E-state index is 3.19. The molecule has 0 aliphatic rings. The second-order valence-electron chi connectivity index (χ2n) is 5.13. The Hall–Kier alpha value is -2.36. The molecule has 2 rings (SSSR count). The van der Waals surface area contributed by atoms with Crippen LogP contribution in [0.5, 0.6) is 0 Å². The Balaban J connectivity index is 1.94. The fourth-order valence-electron chi connectivity index (χ4n) is 1.83. The summed E-state index contributed by atoms with van der Waals surface area (Å²) in [4.78, 5) is 4.16. The van der Waals surface area contributed by atoms with Crippen molar-refractivity contribution in [1.29, 1.82) is 0 Å². The summed E-state index contributed by atoms with van der Waals surface area (Å²) in [5, 5.41) is 0. The van der Waals surface area contributed by atoms with Gasteiger partial charge in [0, 0.05) is 39.6 Å². The van der Waals surface area contributed by atoms with Gasteiger partial charge in [-0.1, -0.05) is 0 Å². The number of hydrogen-bond donors (Lipinski definition) is 2. The molecule has 0 aliphatic heterocycles.